The zero-order chi connectivity index (χ0) is 15.1. The molecule has 0 saturated heterocycles. The topological polar surface area (TPSA) is 52.6 Å². The van der Waals surface area contributed by atoms with Crippen LogP contribution in [0.2, 0.25) is 0 Å². The number of nitrogens with zero attached hydrogens (tertiary/aromatic N) is 1. The number of carbonyl (C=O) groups is 1. The number of nitrogens with one attached hydrogen (secondary N) is 1. The van der Waals surface area contributed by atoms with Gasteiger partial charge < -0.3 is 15.3 Å². The maximum atomic E-state index is 12.9. The predicted molar refractivity (Wildman–Crippen MR) is 77.0 cm³/mol. The van der Waals surface area contributed by atoms with E-state index in [1.807, 2.05) is 20.8 Å². The Morgan fingerprint density at radius 1 is 1.40 bits per heavy atom. The van der Waals surface area contributed by atoms with Gasteiger partial charge in [-0.3, -0.25) is 4.79 Å². The molecule has 2 N–H and O–H groups in total. The molecule has 0 aromatic heterocycles. The summed E-state index contributed by atoms with van der Waals surface area (Å²) in [6, 6.07) is 3.82. The highest BCUT2D eigenvalue weighted by Gasteiger charge is 2.13. The summed E-state index contributed by atoms with van der Waals surface area (Å²) in [4.78, 5) is 13.6. The average molecular weight is 282 g/mol. The molecule has 0 aliphatic rings. The molecule has 0 saturated carbocycles. The molecule has 0 heterocycles. The number of benzene rings is 1. The van der Waals surface area contributed by atoms with Gasteiger partial charge in [0.05, 0.1) is 0 Å². The van der Waals surface area contributed by atoms with Crippen molar-refractivity contribution in [3.63, 3.8) is 0 Å². The van der Waals surface area contributed by atoms with Crippen LogP contribution >= 0.6 is 0 Å². The van der Waals surface area contributed by atoms with Crippen LogP contribution in [0.5, 0.6) is 5.75 Å². The van der Waals surface area contributed by atoms with Gasteiger partial charge in [-0.15, -0.1) is 0 Å². The number of rotatable bonds is 7. The maximum Gasteiger partial charge on any atom is 0.223 e. The first-order valence-electron chi connectivity index (χ1n) is 6.99. The van der Waals surface area contributed by atoms with Crippen molar-refractivity contribution in [1.82, 2.24) is 10.2 Å². The van der Waals surface area contributed by atoms with Crippen molar-refractivity contribution in [2.45, 2.75) is 33.2 Å². The van der Waals surface area contributed by atoms with Gasteiger partial charge in [0.15, 0.2) is 0 Å². The molecule has 0 aliphatic heterocycles. The molecule has 112 valence electrons. The Balaban J connectivity index is 2.47. The van der Waals surface area contributed by atoms with Crippen LogP contribution in [0, 0.1) is 5.82 Å². The molecule has 1 aromatic rings. The van der Waals surface area contributed by atoms with Gasteiger partial charge >= 0.3 is 0 Å². The van der Waals surface area contributed by atoms with E-state index in [0.29, 0.717) is 31.6 Å². The normalized spacial score (nSPS) is 12.2. The highest BCUT2D eigenvalue weighted by molar-refractivity contribution is 5.76. The van der Waals surface area contributed by atoms with Crippen molar-refractivity contribution < 1.29 is 14.3 Å². The van der Waals surface area contributed by atoms with Crippen LogP contribution in [0.1, 0.15) is 38.8 Å². The number of hydrogen-bond donors (Lipinski definition) is 2. The van der Waals surface area contributed by atoms with Crippen LogP contribution in [-0.2, 0) is 4.79 Å². The Labute approximate surface area is 119 Å². The fourth-order valence-electron chi connectivity index (χ4n) is 2.12. The number of carbonyl (C=O) groups excluding carboxylic acids is 1. The summed E-state index contributed by atoms with van der Waals surface area (Å²) in [6.45, 7) is 7.72. The molecular formula is C15H23FN2O2. The minimum atomic E-state index is -0.463. The molecule has 0 bridgehead atoms. The number of phenolic OH excluding ortho intramolecular Hbond substituents is 1. The second-order valence-electron chi connectivity index (χ2n) is 4.69. The Morgan fingerprint density at radius 3 is 2.60 bits per heavy atom. The summed E-state index contributed by atoms with van der Waals surface area (Å²) in [6.07, 6.45) is 0.411. The van der Waals surface area contributed by atoms with E-state index in [2.05, 4.69) is 5.32 Å². The second kappa shape index (κ2) is 7.85. The van der Waals surface area contributed by atoms with Crippen LogP contribution in [0.4, 0.5) is 4.39 Å². The van der Waals surface area contributed by atoms with Crippen LogP contribution in [-0.4, -0.2) is 35.5 Å². The van der Waals surface area contributed by atoms with E-state index in [1.165, 1.54) is 6.07 Å². The molecular weight excluding hydrogens is 259 g/mol. The molecule has 1 rings (SSSR count). The van der Waals surface area contributed by atoms with Crippen molar-refractivity contribution in [3.05, 3.63) is 29.6 Å². The predicted octanol–water partition coefficient (Wildman–Crippen LogP) is 2.44. The maximum absolute atomic E-state index is 12.9. The van der Waals surface area contributed by atoms with Crippen molar-refractivity contribution in [2.75, 3.05) is 19.6 Å². The lowest BCUT2D eigenvalue weighted by Crippen LogP contribution is -2.33. The monoisotopic (exact) mass is 282 g/mol. The van der Waals surface area contributed by atoms with E-state index in [9.17, 15) is 14.3 Å². The first-order valence-corrected chi connectivity index (χ1v) is 6.99. The van der Waals surface area contributed by atoms with Gasteiger partial charge in [0.1, 0.15) is 11.6 Å². The molecule has 5 heteroatoms. The van der Waals surface area contributed by atoms with E-state index in [1.54, 1.807) is 11.0 Å². The van der Waals surface area contributed by atoms with Crippen LogP contribution in [0.25, 0.3) is 0 Å². The lowest BCUT2D eigenvalue weighted by atomic mass is 10.1. The zero-order valence-corrected chi connectivity index (χ0v) is 12.3. The lowest BCUT2D eigenvalue weighted by molar-refractivity contribution is -0.130. The number of hydrogen-bond acceptors (Lipinski definition) is 3. The first-order chi connectivity index (χ1) is 9.49. The molecule has 0 spiro atoms. The Morgan fingerprint density at radius 2 is 2.05 bits per heavy atom. The molecule has 0 aliphatic carbocycles. The largest absolute Gasteiger partial charge is 0.508 e. The van der Waals surface area contributed by atoms with Crippen LogP contribution in [0.15, 0.2) is 18.2 Å². The smallest absolute Gasteiger partial charge is 0.223 e. The van der Waals surface area contributed by atoms with Gasteiger partial charge in [0.25, 0.3) is 0 Å². The molecule has 1 unspecified atom stereocenters. The third-order valence-corrected chi connectivity index (χ3v) is 3.36. The molecule has 1 aromatic carbocycles. The molecule has 4 nitrogen and oxygen atoms in total. The molecule has 1 atom stereocenters. The zero-order valence-electron chi connectivity index (χ0n) is 12.3. The minimum absolute atomic E-state index is 0.0694. The van der Waals surface area contributed by atoms with Gasteiger partial charge in [-0.25, -0.2) is 4.39 Å². The molecule has 0 fully saturated rings. The highest BCUT2D eigenvalue weighted by atomic mass is 19.1. The summed E-state index contributed by atoms with van der Waals surface area (Å²) in [5, 5.41) is 12.8. The fourth-order valence-corrected chi connectivity index (χ4v) is 2.12. The van der Waals surface area contributed by atoms with Gasteiger partial charge in [-0.1, -0.05) is 6.07 Å². The number of phenols is 1. The lowest BCUT2D eigenvalue weighted by Gasteiger charge is -2.20. The van der Waals surface area contributed by atoms with Crippen molar-refractivity contribution in [1.29, 1.82) is 0 Å². The van der Waals surface area contributed by atoms with Gasteiger partial charge in [-0.05, 0) is 26.8 Å². The third-order valence-electron chi connectivity index (χ3n) is 3.36. The van der Waals surface area contributed by atoms with E-state index in [-0.39, 0.29) is 17.7 Å². The van der Waals surface area contributed by atoms with E-state index >= 15 is 0 Å². The Hall–Kier alpha value is -1.62. The van der Waals surface area contributed by atoms with E-state index in [0.717, 1.165) is 6.07 Å². The molecule has 0 radical (unpaired) electrons. The summed E-state index contributed by atoms with van der Waals surface area (Å²) in [7, 11) is 0. The second-order valence-corrected chi connectivity index (χ2v) is 4.69. The van der Waals surface area contributed by atoms with Gasteiger partial charge in [-0.2, -0.15) is 0 Å². The van der Waals surface area contributed by atoms with E-state index in [4.69, 9.17) is 0 Å². The molecule has 20 heavy (non-hydrogen) atoms. The molecule has 1 amide bonds. The summed E-state index contributed by atoms with van der Waals surface area (Å²) >= 11 is 0. The highest BCUT2D eigenvalue weighted by Crippen LogP contribution is 2.24. The summed E-state index contributed by atoms with van der Waals surface area (Å²) in [5.41, 5.74) is 0.627. The number of amides is 1. The standard InChI is InChI=1S/C15H23FN2O2/c1-4-18(5-2)15(20)8-9-17-11(3)13-7-6-12(16)10-14(13)19/h6-7,10-11,17,19H,4-5,8-9H2,1-3H3. The first kappa shape index (κ1) is 16.4. The van der Waals surface area contributed by atoms with Gasteiger partial charge in [0.2, 0.25) is 5.91 Å². The summed E-state index contributed by atoms with van der Waals surface area (Å²) in [5.74, 6) is -0.423. The van der Waals surface area contributed by atoms with Gasteiger partial charge in [0, 0.05) is 43.7 Å². The average Bonchev–Trinajstić information content (AvgIpc) is 2.39. The van der Waals surface area contributed by atoms with Crippen molar-refractivity contribution in [3.8, 4) is 5.75 Å². The minimum Gasteiger partial charge on any atom is -0.508 e. The van der Waals surface area contributed by atoms with Crippen LogP contribution in [0.3, 0.4) is 0 Å². The Bertz CT molecular complexity index is 447. The SMILES string of the molecule is CCN(CC)C(=O)CCNC(C)c1ccc(F)cc1O. The Kier molecular flexibility index (Phi) is 6.45. The third kappa shape index (κ3) is 4.49. The quantitative estimate of drug-likeness (QED) is 0.807. The van der Waals surface area contributed by atoms with Crippen molar-refractivity contribution >= 4 is 5.91 Å². The fraction of sp³-hybridized carbons (Fsp3) is 0.533. The summed E-state index contributed by atoms with van der Waals surface area (Å²) < 4.78 is 12.9. The van der Waals surface area contributed by atoms with Crippen molar-refractivity contribution in [2.24, 2.45) is 0 Å². The number of aromatic hydroxyl groups is 1. The number of halogens is 1. The van der Waals surface area contributed by atoms with E-state index < -0.39 is 5.82 Å². The van der Waals surface area contributed by atoms with Crippen LogP contribution < -0.4 is 5.32 Å².